The molecule has 1 saturated carbocycles. The van der Waals surface area contributed by atoms with E-state index in [-0.39, 0.29) is 6.10 Å². The Kier molecular flexibility index (Phi) is 6.20. The summed E-state index contributed by atoms with van der Waals surface area (Å²) in [5, 5.41) is 17.5. The number of rotatable bonds is 7. The van der Waals surface area contributed by atoms with Crippen LogP contribution in [0.3, 0.4) is 0 Å². The van der Waals surface area contributed by atoms with Crippen LogP contribution < -0.4 is 10.6 Å². The molecule has 0 saturated heterocycles. The van der Waals surface area contributed by atoms with E-state index < -0.39 is 0 Å². The lowest BCUT2D eigenvalue weighted by Crippen LogP contribution is -2.29. The van der Waals surface area contributed by atoms with Crippen molar-refractivity contribution < 1.29 is 5.11 Å². The van der Waals surface area contributed by atoms with Crippen molar-refractivity contribution in [3.63, 3.8) is 0 Å². The Balaban J connectivity index is 1.81. The van der Waals surface area contributed by atoms with E-state index >= 15 is 0 Å². The summed E-state index contributed by atoms with van der Waals surface area (Å²) in [7, 11) is 0. The second-order valence-electron chi connectivity index (χ2n) is 6.66. The number of aromatic nitrogens is 3. The number of unbranched alkanes of at least 4 members (excludes halogenated alkanes) is 1. The fourth-order valence-corrected chi connectivity index (χ4v) is 3.78. The molecule has 1 aliphatic rings. The van der Waals surface area contributed by atoms with Crippen molar-refractivity contribution >= 4 is 23.1 Å². The topological polar surface area (TPSA) is 83.0 Å². The quantitative estimate of drug-likeness (QED) is 0.650. The summed E-state index contributed by atoms with van der Waals surface area (Å²) in [5.74, 6) is 1.49. The number of nitrogens with zero attached hydrogens (tertiary/aromatic N) is 3. The van der Waals surface area contributed by atoms with Gasteiger partial charge in [0.1, 0.15) is 10.8 Å². The molecule has 2 aromatic rings. The number of anilines is 2. The number of aryl methyl sites for hydroxylation is 1. The minimum atomic E-state index is -0.157. The van der Waals surface area contributed by atoms with Crippen LogP contribution in [0.5, 0.6) is 0 Å². The average Bonchev–Trinajstić information content (AvgIpc) is 3.04. The van der Waals surface area contributed by atoms with Crippen LogP contribution >= 0.6 is 11.3 Å². The molecular formula is C18H27N5OS. The maximum atomic E-state index is 9.72. The Labute approximate surface area is 153 Å². The van der Waals surface area contributed by atoms with Gasteiger partial charge in [0, 0.05) is 29.9 Å². The van der Waals surface area contributed by atoms with Crippen molar-refractivity contribution in [2.45, 2.75) is 64.5 Å². The Bertz CT molecular complexity index is 682. The van der Waals surface area contributed by atoms with Gasteiger partial charge in [0.15, 0.2) is 0 Å². The molecule has 0 aliphatic heterocycles. The van der Waals surface area contributed by atoms with Gasteiger partial charge in [-0.3, -0.25) is 0 Å². The predicted molar refractivity (Wildman–Crippen MR) is 103 cm³/mol. The zero-order chi connectivity index (χ0) is 17.6. The van der Waals surface area contributed by atoms with E-state index in [1.54, 1.807) is 11.3 Å². The normalized spacial score (nSPS) is 20.4. The minimum Gasteiger partial charge on any atom is -0.393 e. The molecule has 6 nitrogen and oxygen atoms in total. The van der Waals surface area contributed by atoms with Crippen LogP contribution in [0.15, 0.2) is 12.4 Å². The van der Waals surface area contributed by atoms with Crippen LogP contribution in [-0.2, 0) is 0 Å². The third-order valence-corrected chi connectivity index (χ3v) is 5.44. The van der Waals surface area contributed by atoms with Gasteiger partial charge in [-0.15, -0.1) is 11.3 Å². The van der Waals surface area contributed by atoms with Crippen molar-refractivity contribution in [2.75, 3.05) is 17.2 Å². The summed E-state index contributed by atoms with van der Waals surface area (Å²) >= 11 is 1.65. The number of hydrogen-bond donors (Lipinski definition) is 3. The molecule has 3 N–H and O–H groups in total. The summed E-state index contributed by atoms with van der Waals surface area (Å²) in [4.78, 5) is 14.8. The highest BCUT2D eigenvalue weighted by molar-refractivity contribution is 7.15. The molecule has 0 radical (unpaired) electrons. The van der Waals surface area contributed by atoms with Gasteiger partial charge >= 0.3 is 0 Å². The molecule has 136 valence electrons. The third-order valence-electron chi connectivity index (χ3n) is 4.49. The molecule has 3 rings (SSSR count). The van der Waals surface area contributed by atoms with Crippen LogP contribution in [0, 0.1) is 6.92 Å². The first-order valence-corrected chi connectivity index (χ1v) is 9.95. The van der Waals surface area contributed by atoms with Crippen molar-refractivity contribution in [3.8, 4) is 10.6 Å². The van der Waals surface area contributed by atoms with Gasteiger partial charge < -0.3 is 15.7 Å². The van der Waals surface area contributed by atoms with E-state index in [2.05, 4.69) is 34.4 Å². The molecule has 0 aromatic carbocycles. The van der Waals surface area contributed by atoms with Gasteiger partial charge in [0.2, 0.25) is 5.95 Å². The van der Waals surface area contributed by atoms with Crippen LogP contribution in [0.2, 0.25) is 0 Å². The highest BCUT2D eigenvalue weighted by Crippen LogP contribution is 2.32. The Morgan fingerprint density at radius 2 is 2.00 bits per heavy atom. The Hall–Kier alpha value is -1.73. The Morgan fingerprint density at radius 3 is 2.68 bits per heavy atom. The molecule has 1 fully saturated rings. The zero-order valence-corrected chi connectivity index (χ0v) is 15.8. The van der Waals surface area contributed by atoms with Gasteiger partial charge in [0.25, 0.3) is 0 Å². The largest absolute Gasteiger partial charge is 0.393 e. The molecule has 0 amide bonds. The predicted octanol–water partition coefficient (Wildman–Crippen LogP) is 3.84. The molecule has 2 heterocycles. The molecule has 0 spiro atoms. The van der Waals surface area contributed by atoms with Crippen LogP contribution in [0.1, 0.15) is 50.3 Å². The van der Waals surface area contributed by atoms with Crippen molar-refractivity contribution in [2.24, 2.45) is 0 Å². The van der Waals surface area contributed by atoms with Crippen molar-refractivity contribution in [3.05, 3.63) is 17.3 Å². The first-order valence-electron chi connectivity index (χ1n) is 9.14. The molecule has 7 heteroatoms. The molecule has 2 aromatic heterocycles. The average molecular weight is 362 g/mol. The van der Waals surface area contributed by atoms with Gasteiger partial charge in [-0.05, 0) is 39.0 Å². The van der Waals surface area contributed by atoms with Crippen LogP contribution in [-0.4, -0.2) is 38.7 Å². The Morgan fingerprint density at radius 1 is 1.20 bits per heavy atom. The fourth-order valence-electron chi connectivity index (χ4n) is 3.00. The third kappa shape index (κ3) is 4.89. The first-order chi connectivity index (χ1) is 12.2. The number of aliphatic hydroxyl groups excluding tert-OH is 1. The highest BCUT2D eigenvalue weighted by Gasteiger charge is 2.21. The number of thiazole rings is 1. The second-order valence-corrected chi connectivity index (χ2v) is 7.90. The molecule has 25 heavy (non-hydrogen) atoms. The molecule has 1 aliphatic carbocycles. The lowest BCUT2D eigenvalue weighted by atomic mass is 9.93. The van der Waals surface area contributed by atoms with E-state index in [0.29, 0.717) is 12.0 Å². The molecule has 0 atom stereocenters. The smallest absolute Gasteiger partial charge is 0.224 e. The van der Waals surface area contributed by atoms with Gasteiger partial charge in [-0.1, -0.05) is 13.3 Å². The van der Waals surface area contributed by atoms with Crippen LogP contribution in [0.4, 0.5) is 11.8 Å². The van der Waals surface area contributed by atoms with E-state index in [1.165, 1.54) is 4.88 Å². The van der Waals surface area contributed by atoms with Crippen molar-refractivity contribution in [1.29, 1.82) is 0 Å². The summed E-state index contributed by atoms with van der Waals surface area (Å²) in [6, 6.07) is 0.335. The number of hydrogen-bond acceptors (Lipinski definition) is 7. The maximum absolute atomic E-state index is 9.72. The van der Waals surface area contributed by atoms with E-state index in [1.807, 2.05) is 12.4 Å². The number of aliphatic hydroxyl groups is 1. The lowest BCUT2D eigenvalue weighted by Gasteiger charge is -2.27. The SMILES string of the molecule is CCCCNc1ncc(-c2ncc(C)s2)c(NC2CCC(O)CC2)n1. The van der Waals surface area contributed by atoms with E-state index in [9.17, 15) is 5.11 Å². The monoisotopic (exact) mass is 361 g/mol. The van der Waals surface area contributed by atoms with E-state index in [0.717, 1.165) is 61.5 Å². The maximum Gasteiger partial charge on any atom is 0.224 e. The number of nitrogens with one attached hydrogen (secondary N) is 2. The second kappa shape index (κ2) is 8.58. The molecule has 0 unspecified atom stereocenters. The van der Waals surface area contributed by atoms with E-state index in [4.69, 9.17) is 4.98 Å². The van der Waals surface area contributed by atoms with Gasteiger partial charge in [-0.25, -0.2) is 9.97 Å². The summed E-state index contributed by atoms with van der Waals surface area (Å²) in [6.45, 7) is 5.10. The van der Waals surface area contributed by atoms with Crippen LogP contribution in [0.25, 0.3) is 10.6 Å². The standard InChI is InChI=1S/C18H27N5OS/c1-3-4-9-19-18-21-11-15(17-20-10-12(2)25-17)16(23-18)22-13-5-7-14(24)8-6-13/h10-11,13-14,24H,3-9H2,1-2H3,(H2,19,21,22,23). The summed E-state index contributed by atoms with van der Waals surface area (Å²) in [5.41, 5.74) is 0.949. The summed E-state index contributed by atoms with van der Waals surface area (Å²) in [6.07, 6.45) is 9.43. The van der Waals surface area contributed by atoms with Gasteiger partial charge in [-0.2, -0.15) is 4.98 Å². The highest BCUT2D eigenvalue weighted by atomic mass is 32.1. The summed E-state index contributed by atoms with van der Waals surface area (Å²) < 4.78 is 0. The molecule has 0 bridgehead atoms. The first kappa shape index (κ1) is 18.1. The fraction of sp³-hybridized carbons (Fsp3) is 0.611. The van der Waals surface area contributed by atoms with Crippen molar-refractivity contribution in [1.82, 2.24) is 15.0 Å². The lowest BCUT2D eigenvalue weighted by molar-refractivity contribution is 0.126. The zero-order valence-electron chi connectivity index (χ0n) is 15.0. The van der Waals surface area contributed by atoms with Gasteiger partial charge in [0.05, 0.1) is 11.7 Å². The molecular weight excluding hydrogens is 334 g/mol. The minimum absolute atomic E-state index is 0.157.